The topological polar surface area (TPSA) is 50.7 Å². The average Bonchev–Trinajstić information content (AvgIpc) is 3.20. The van der Waals surface area contributed by atoms with Crippen LogP contribution in [0.2, 0.25) is 0 Å². The van der Waals surface area contributed by atoms with Crippen LogP contribution in [-0.4, -0.2) is 28.8 Å². The zero-order chi connectivity index (χ0) is 23.8. The van der Waals surface area contributed by atoms with Crippen molar-refractivity contribution in [1.29, 1.82) is 0 Å². The van der Waals surface area contributed by atoms with Crippen molar-refractivity contribution in [3.05, 3.63) is 88.0 Å². The van der Waals surface area contributed by atoms with Crippen molar-refractivity contribution in [2.45, 2.75) is 36.9 Å². The van der Waals surface area contributed by atoms with Crippen molar-refractivity contribution in [2.24, 2.45) is 5.16 Å². The summed E-state index contributed by atoms with van der Waals surface area (Å²) in [5.74, 6) is -0.328. The minimum atomic E-state index is -4.76. The number of oxime groups is 1. The van der Waals surface area contributed by atoms with E-state index >= 15 is 0 Å². The number of carbonyl (C=O) groups excluding carboxylic acids is 1. The molecule has 0 radical (unpaired) electrons. The van der Waals surface area contributed by atoms with Crippen LogP contribution in [0.4, 0.5) is 18.9 Å². The zero-order valence-electron chi connectivity index (χ0n) is 17.4. The molecule has 0 aromatic heterocycles. The molecule has 1 aliphatic heterocycles. The number of alkyl halides is 4. The van der Waals surface area contributed by atoms with Gasteiger partial charge in [-0.15, -0.1) is 11.6 Å². The minimum absolute atomic E-state index is 0.0982. The molecule has 1 aliphatic carbocycles. The lowest BCUT2D eigenvalue weighted by atomic mass is 9.83. The van der Waals surface area contributed by atoms with E-state index in [1.165, 1.54) is 12.2 Å². The lowest BCUT2D eigenvalue weighted by Crippen LogP contribution is -2.47. The van der Waals surface area contributed by atoms with Crippen LogP contribution in [0.25, 0.3) is 0 Å². The summed E-state index contributed by atoms with van der Waals surface area (Å²) in [6, 6.07) is 13.5. The monoisotopic (exact) mass is 494 g/mol. The second-order valence-corrected chi connectivity index (χ2v) is 9.01. The summed E-state index contributed by atoms with van der Waals surface area (Å²) >= 11 is 12.1. The summed E-state index contributed by atoms with van der Waals surface area (Å²) in [6.07, 6.45) is -2.52. The number of anilines is 1. The van der Waals surface area contributed by atoms with E-state index in [4.69, 9.17) is 28.0 Å². The lowest BCUT2D eigenvalue weighted by Gasteiger charge is -2.32. The van der Waals surface area contributed by atoms with Gasteiger partial charge in [0.25, 0.3) is 11.5 Å². The van der Waals surface area contributed by atoms with E-state index in [-0.39, 0.29) is 28.6 Å². The molecule has 0 saturated carbocycles. The van der Waals surface area contributed by atoms with E-state index in [0.717, 1.165) is 5.56 Å². The van der Waals surface area contributed by atoms with Gasteiger partial charge >= 0.3 is 6.18 Å². The van der Waals surface area contributed by atoms with Crippen LogP contribution < -0.4 is 5.32 Å². The molecule has 2 unspecified atom stereocenters. The number of allylic oxidation sites excluding steroid dienone is 2. The van der Waals surface area contributed by atoms with Crippen LogP contribution in [-0.2, 0) is 4.84 Å². The first-order valence-corrected chi connectivity index (χ1v) is 10.9. The Hall–Kier alpha value is -2.77. The fourth-order valence-corrected chi connectivity index (χ4v) is 4.46. The van der Waals surface area contributed by atoms with Crippen LogP contribution in [0.3, 0.4) is 0 Å². The summed E-state index contributed by atoms with van der Waals surface area (Å²) in [4.78, 5) is 17.6. The second kappa shape index (κ2) is 8.88. The number of aryl methyl sites for hydroxylation is 1. The maximum Gasteiger partial charge on any atom is 0.435 e. The fraction of sp³-hybridized carbons (Fsp3) is 0.250. The molecule has 1 N–H and O–H groups in total. The predicted octanol–water partition coefficient (Wildman–Crippen LogP) is 6.73. The quantitative estimate of drug-likeness (QED) is 0.478. The second-order valence-electron chi connectivity index (χ2n) is 7.97. The Kier molecular flexibility index (Phi) is 6.29. The van der Waals surface area contributed by atoms with Gasteiger partial charge in [-0.05, 0) is 37.3 Å². The Morgan fingerprint density at radius 2 is 1.97 bits per heavy atom. The highest BCUT2D eigenvalue weighted by Crippen LogP contribution is 2.48. The Morgan fingerprint density at radius 3 is 2.67 bits per heavy atom. The molecule has 2 aromatic rings. The van der Waals surface area contributed by atoms with Crippen LogP contribution in [0.5, 0.6) is 0 Å². The number of benzene rings is 2. The number of hydrogen-bond donors (Lipinski definition) is 1. The molecule has 2 aliphatic rings. The van der Waals surface area contributed by atoms with Gasteiger partial charge in [-0.2, -0.15) is 13.2 Å². The van der Waals surface area contributed by atoms with Gasteiger partial charge in [0.2, 0.25) is 0 Å². The molecule has 1 heterocycles. The summed E-state index contributed by atoms with van der Waals surface area (Å²) in [7, 11) is 0. The maximum atomic E-state index is 14.2. The first-order valence-electron chi connectivity index (χ1n) is 10.1. The average molecular weight is 495 g/mol. The van der Waals surface area contributed by atoms with Gasteiger partial charge in [0.1, 0.15) is 0 Å². The third-order valence-corrected chi connectivity index (χ3v) is 5.99. The molecule has 1 amide bonds. The predicted molar refractivity (Wildman–Crippen MR) is 123 cm³/mol. The first kappa shape index (κ1) is 23.4. The van der Waals surface area contributed by atoms with Gasteiger partial charge in [-0.3, -0.25) is 4.79 Å². The number of amides is 1. The molecule has 0 fully saturated rings. The molecular formula is C24H19Cl2F3N2O2. The first-order chi connectivity index (χ1) is 15.6. The number of halogens is 5. The highest BCUT2D eigenvalue weighted by atomic mass is 35.5. The van der Waals surface area contributed by atoms with Crippen molar-refractivity contribution < 1.29 is 22.8 Å². The van der Waals surface area contributed by atoms with Gasteiger partial charge in [-0.1, -0.05) is 52.7 Å². The number of nitrogens with one attached hydrogen (secondary N) is 1. The van der Waals surface area contributed by atoms with Crippen molar-refractivity contribution in [2.75, 3.05) is 5.32 Å². The van der Waals surface area contributed by atoms with Gasteiger partial charge < -0.3 is 10.2 Å². The summed E-state index contributed by atoms with van der Waals surface area (Å²) in [5.41, 5.74) is -0.528. The molecule has 33 heavy (non-hydrogen) atoms. The van der Waals surface area contributed by atoms with Crippen molar-refractivity contribution >= 4 is 40.5 Å². The largest absolute Gasteiger partial charge is 0.435 e. The van der Waals surface area contributed by atoms with Gasteiger partial charge in [0.05, 0.1) is 11.1 Å². The molecule has 172 valence electrons. The molecule has 2 atom stereocenters. The summed E-state index contributed by atoms with van der Waals surface area (Å²) in [5, 5.41) is 6.07. The molecule has 0 saturated heterocycles. The molecule has 0 bridgehead atoms. The third kappa shape index (κ3) is 4.80. The number of hydrogen-bond acceptors (Lipinski definition) is 3. The Balaban J connectivity index is 1.59. The summed E-state index contributed by atoms with van der Waals surface area (Å²) in [6.45, 7) is 1.87. The molecule has 9 heteroatoms. The summed E-state index contributed by atoms with van der Waals surface area (Å²) < 4.78 is 42.6. The molecular weight excluding hydrogens is 476 g/mol. The number of rotatable bonds is 4. The van der Waals surface area contributed by atoms with Crippen molar-refractivity contribution in [3.8, 4) is 0 Å². The molecule has 4 nitrogen and oxygen atoms in total. The van der Waals surface area contributed by atoms with Gasteiger partial charge in [0.15, 0.2) is 0 Å². The van der Waals surface area contributed by atoms with Crippen molar-refractivity contribution in [1.82, 2.24) is 0 Å². The SMILES string of the molecule is Cc1cccc(C(=O)Nc2cccc(C3=NOC(C4=CC(Cl)CC(Cl)=C4)(C(F)(F)F)C3)c2)c1. The Labute approximate surface area is 198 Å². The molecule has 4 rings (SSSR count). The minimum Gasteiger partial charge on any atom is -0.374 e. The van der Waals surface area contributed by atoms with Crippen LogP contribution >= 0.6 is 23.2 Å². The third-order valence-electron chi connectivity index (χ3n) is 5.45. The van der Waals surface area contributed by atoms with Crippen LogP contribution in [0, 0.1) is 6.92 Å². The van der Waals surface area contributed by atoms with Crippen LogP contribution in [0.15, 0.2) is 76.4 Å². The highest BCUT2D eigenvalue weighted by Gasteiger charge is 2.63. The van der Waals surface area contributed by atoms with E-state index in [9.17, 15) is 18.0 Å². The number of carbonyl (C=O) groups is 1. The van der Waals surface area contributed by atoms with E-state index in [2.05, 4.69) is 10.5 Å². The van der Waals surface area contributed by atoms with E-state index < -0.39 is 23.6 Å². The van der Waals surface area contributed by atoms with Gasteiger partial charge in [0, 0.05) is 40.3 Å². The normalized spacial score (nSPS) is 22.7. The molecule has 2 aromatic carbocycles. The Morgan fingerprint density at radius 1 is 1.21 bits per heavy atom. The fourth-order valence-electron chi connectivity index (χ4n) is 3.79. The van der Waals surface area contributed by atoms with E-state index in [1.807, 2.05) is 13.0 Å². The van der Waals surface area contributed by atoms with E-state index in [0.29, 0.717) is 16.8 Å². The number of nitrogens with zero attached hydrogens (tertiary/aromatic N) is 1. The lowest BCUT2D eigenvalue weighted by molar-refractivity contribution is -0.252. The molecule has 0 spiro atoms. The standard InChI is InChI=1S/C24H19Cl2F3N2O2/c1-14-4-2-6-16(8-14)22(32)30-20-7-3-5-15(9-20)21-13-23(33-31-21,24(27,28)29)17-10-18(25)12-19(26)11-17/h2-11,18H,12-13H2,1H3,(H,30,32). The Bertz CT molecular complexity index is 1190. The highest BCUT2D eigenvalue weighted by molar-refractivity contribution is 6.31. The van der Waals surface area contributed by atoms with Crippen LogP contribution in [0.1, 0.15) is 34.3 Å². The maximum absolute atomic E-state index is 14.2. The van der Waals surface area contributed by atoms with Crippen molar-refractivity contribution in [3.63, 3.8) is 0 Å². The zero-order valence-corrected chi connectivity index (χ0v) is 18.9. The van der Waals surface area contributed by atoms with Gasteiger partial charge in [-0.25, -0.2) is 0 Å². The smallest absolute Gasteiger partial charge is 0.374 e. The van der Waals surface area contributed by atoms with E-state index in [1.54, 1.807) is 42.5 Å².